The van der Waals surface area contributed by atoms with Crippen molar-refractivity contribution in [1.29, 1.82) is 0 Å². The second-order valence-electron chi connectivity index (χ2n) is 7.33. The molecule has 2 heteroatoms. The third-order valence-electron chi connectivity index (χ3n) is 5.86. The maximum absolute atomic E-state index is 5.65. The summed E-state index contributed by atoms with van der Waals surface area (Å²) in [6.07, 6.45) is 13.9. The summed E-state index contributed by atoms with van der Waals surface area (Å²) in [6.45, 7) is 3.98. The van der Waals surface area contributed by atoms with Crippen molar-refractivity contribution >= 4 is 0 Å². The van der Waals surface area contributed by atoms with Gasteiger partial charge in [0.1, 0.15) is 0 Å². The van der Waals surface area contributed by atoms with Gasteiger partial charge in [-0.2, -0.15) is 0 Å². The predicted molar refractivity (Wildman–Crippen MR) is 96.7 cm³/mol. The van der Waals surface area contributed by atoms with Crippen LogP contribution in [0.5, 0.6) is 0 Å². The smallest absolute Gasteiger partial charge is 0.0594 e. The molecule has 128 valence electrons. The lowest BCUT2D eigenvalue weighted by atomic mass is 9.78. The second-order valence-corrected chi connectivity index (χ2v) is 7.33. The maximum Gasteiger partial charge on any atom is 0.0594 e. The summed E-state index contributed by atoms with van der Waals surface area (Å²) in [4.78, 5) is 2.75. The minimum Gasteiger partial charge on any atom is -0.379 e. The SMILES string of the molecule is c1ccc(C2(N3CCOCC3)CCCCCCCCCC2)cc1. The Labute approximate surface area is 142 Å². The van der Waals surface area contributed by atoms with Crippen molar-refractivity contribution in [1.82, 2.24) is 4.90 Å². The fourth-order valence-electron chi connectivity index (χ4n) is 4.55. The first-order chi connectivity index (χ1) is 11.4. The maximum atomic E-state index is 5.65. The molecule has 0 unspecified atom stereocenters. The molecule has 0 bridgehead atoms. The average molecular weight is 316 g/mol. The summed E-state index contributed by atoms with van der Waals surface area (Å²) < 4.78 is 5.65. The fourth-order valence-corrected chi connectivity index (χ4v) is 4.55. The first-order valence-corrected chi connectivity index (χ1v) is 9.80. The molecule has 1 saturated carbocycles. The zero-order valence-electron chi connectivity index (χ0n) is 14.6. The van der Waals surface area contributed by atoms with E-state index in [4.69, 9.17) is 4.74 Å². The predicted octanol–water partition coefficient (Wildman–Crippen LogP) is 5.13. The molecule has 0 spiro atoms. The van der Waals surface area contributed by atoms with E-state index in [1.54, 1.807) is 5.56 Å². The Bertz CT molecular complexity index is 426. The van der Waals surface area contributed by atoms with E-state index in [2.05, 4.69) is 35.2 Å². The number of ether oxygens (including phenoxy) is 1. The number of nitrogens with zero attached hydrogens (tertiary/aromatic N) is 1. The average Bonchev–Trinajstić information content (AvgIpc) is 2.68. The van der Waals surface area contributed by atoms with Gasteiger partial charge in [-0.3, -0.25) is 4.90 Å². The molecule has 1 aromatic rings. The van der Waals surface area contributed by atoms with Gasteiger partial charge in [-0.1, -0.05) is 81.7 Å². The van der Waals surface area contributed by atoms with Gasteiger partial charge in [-0.25, -0.2) is 0 Å². The lowest BCUT2D eigenvalue weighted by Crippen LogP contribution is -2.51. The van der Waals surface area contributed by atoms with Crippen LogP contribution in [0.25, 0.3) is 0 Å². The molecule has 0 aromatic heterocycles. The molecular weight excluding hydrogens is 282 g/mol. The van der Waals surface area contributed by atoms with Crippen molar-refractivity contribution < 1.29 is 4.74 Å². The van der Waals surface area contributed by atoms with Crippen molar-refractivity contribution in [2.24, 2.45) is 0 Å². The van der Waals surface area contributed by atoms with E-state index in [0.717, 1.165) is 26.3 Å². The van der Waals surface area contributed by atoms with Gasteiger partial charge in [-0.05, 0) is 18.4 Å². The summed E-state index contributed by atoms with van der Waals surface area (Å²) in [5.74, 6) is 0. The highest BCUT2D eigenvalue weighted by molar-refractivity contribution is 5.25. The fraction of sp³-hybridized carbons (Fsp3) is 0.714. The monoisotopic (exact) mass is 315 g/mol. The summed E-state index contributed by atoms with van der Waals surface area (Å²) in [7, 11) is 0. The molecule has 2 aliphatic rings. The molecule has 0 N–H and O–H groups in total. The van der Waals surface area contributed by atoms with E-state index in [1.807, 2.05) is 0 Å². The quantitative estimate of drug-likeness (QED) is 0.750. The summed E-state index contributed by atoms with van der Waals surface area (Å²) in [5, 5.41) is 0. The Morgan fingerprint density at radius 2 is 1.22 bits per heavy atom. The highest BCUT2D eigenvalue weighted by Crippen LogP contribution is 2.40. The lowest BCUT2D eigenvalue weighted by molar-refractivity contribution is -0.0345. The van der Waals surface area contributed by atoms with Gasteiger partial charge in [0.05, 0.1) is 13.2 Å². The van der Waals surface area contributed by atoms with E-state index >= 15 is 0 Å². The van der Waals surface area contributed by atoms with Crippen LogP contribution in [0.1, 0.15) is 69.8 Å². The Morgan fingerprint density at radius 3 is 1.78 bits per heavy atom. The Morgan fingerprint density at radius 1 is 0.696 bits per heavy atom. The first kappa shape index (κ1) is 17.0. The van der Waals surface area contributed by atoms with E-state index in [1.165, 1.54) is 64.2 Å². The van der Waals surface area contributed by atoms with Crippen LogP contribution in [0.3, 0.4) is 0 Å². The normalized spacial score (nSPS) is 24.7. The minimum absolute atomic E-state index is 0.245. The molecule has 1 heterocycles. The van der Waals surface area contributed by atoms with Crippen molar-refractivity contribution in [3.05, 3.63) is 35.9 Å². The van der Waals surface area contributed by atoms with Gasteiger partial charge in [0.25, 0.3) is 0 Å². The van der Waals surface area contributed by atoms with Crippen LogP contribution in [0.4, 0.5) is 0 Å². The Balaban J connectivity index is 1.86. The lowest BCUT2D eigenvalue weighted by Gasteiger charge is -2.47. The van der Waals surface area contributed by atoms with E-state index in [-0.39, 0.29) is 5.54 Å². The molecule has 3 rings (SSSR count). The molecule has 1 aliphatic carbocycles. The van der Waals surface area contributed by atoms with Crippen molar-refractivity contribution in [2.75, 3.05) is 26.3 Å². The van der Waals surface area contributed by atoms with Crippen LogP contribution in [0, 0.1) is 0 Å². The minimum atomic E-state index is 0.245. The first-order valence-electron chi connectivity index (χ1n) is 9.80. The van der Waals surface area contributed by atoms with E-state index in [9.17, 15) is 0 Å². The summed E-state index contributed by atoms with van der Waals surface area (Å²) in [5.41, 5.74) is 1.79. The largest absolute Gasteiger partial charge is 0.379 e. The van der Waals surface area contributed by atoms with Crippen molar-refractivity contribution in [3.63, 3.8) is 0 Å². The van der Waals surface area contributed by atoms with Gasteiger partial charge in [0.2, 0.25) is 0 Å². The summed E-state index contributed by atoms with van der Waals surface area (Å²) in [6, 6.07) is 11.3. The second kappa shape index (κ2) is 8.84. The summed E-state index contributed by atoms with van der Waals surface area (Å²) >= 11 is 0. The number of morpholine rings is 1. The molecule has 0 amide bonds. The molecule has 1 aliphatic heterocycles. The van der Waals surface area contributed by atoms with Gasteiger partial charge >= 0.3 is 0 Å². The number of rotatable bonds is 2. The highest BCUT2D eigenvalue weighted by Gasteiger charge is 2.38. The van der Waals surface area contributed by atoms with Crippen LogP contribution in [-0.4, -0.2) is 31.2 Å². The Hall–Kier alpha value is -0.860. The van der Waals surface area contributed by atoms with E-state index in [0.29, 0.717) is 0 Å². The highest BCUT2D eigenvalue weighted by atomic mass is 16.5. The zero-order chi connectivity index (χ0) is 15.8. The molecule has 2 nitrogen and oxygen atoms in total. The van der Waals surface area contributed by atoms with E-state index < -0.39 is 0 Å². The van der Waals surface area contributed by atoms with Crippen LogP contribution >= 0.6 is 0 Å². The molecule has 0 atom stereocenters. The molecule has 1 saturated heterocycles. The van der Waals surface area contributed by atoms with Gasteiger partial charge in [0, 0.05) is 18.6 Å². The van der Waals surface area contributed by atoms with Gasteiger partial charge in [-0.15, -0.1) is 0 Å². The number of benzene rings is 1. The molecule has 1 aromatic carbocycles. The molecule has 23 heavy (non-hydrogen) atoms. The van der Waals surface area contributed by atoms with Crippen LogP contribution < -0.4 is 0 Å². The molecular formula is C21H33NO. The van der Waals surface area contributed by atoms with Crippen molar-refractivity contribution in [2.45, 2.75) is 69.7 Å². The third-order valence-corrected chi connectivity index (χ3v) is 5.86. The standard InChI is InChI=1S/C21H33NO/c1-2-4-6-11-15-21(14-10-5-3-1,20-12-8-7-9-13-20)22-16-18-23-19-17-22/h7-9,12-13H,1-6,10-11,14-19H2. The molecule has 2 fully saturated rings. The van der Waals surface area contributed by atoms with Gasteiger partial charge in [0.15, 0.2) is 0 Å². The van der Waals surface area contributed by atoms with Crippen LogP contribution in [-0.2, 0) is 10.3 Å². The zero-order valence-corrected chi connectivity index (χ0v) is 14.6. The van der Waals surface area contributed by atoms with Crippen LogP contribution in [0.15, 0.2) is 30.3 Å². The topological polar surface area (TPSA) is 12.5 Å². The third kappa shape index (κ3) is 4.36. The number of hydrogen-bond donors (Lipinski definition) is 0. The Kier molecular flexibility index (Phi) is 6.53. The number of hydrogen-bond acceptors (Lipinski definition) is 2. The van der Waals surface area contributed by atoms with Crippen molar-refractivity contribution in [3.8, 4) is 0 Å². The van der Waals surface area contributed by atoms with Crippen LogP contribution in [0.2, 0.25) is 0 Å². The van der Waals surface area contributed by atoms with Gasteiger partial charge < -0.3 is 4.74 Å². The molecule has 0 radical (unpaired) electrons.